The number of aliphatic hydroxyl groups is 1. The van der Waals surface area contributed by atoms with Gasteiger partial charge in [-0.15, -0.1) is 11.3 Å². The van der Waals surface area contributed by atoms with E-state index in [4.69, 9.17) is 10.8 Å². The first-order valence-corrected chi connectivity index (χ1v) is 6.42. The second kappa shape index (κ2) is 4.38. The van der Waals surface area contributed by atoms with Crippen LogP contribution in [0.2, 0.25) is 0 Å². The molecule has 0 radical (unpaired) electrons. The molecular weight excluding hydrogens is 228 g/mol. The van der Waals surface area contributed by atoms with Gasteiger partial charge in [0, 0.05) is 11.4 Å². The van der Waals surface area contributed by atoms with Gasteiger partial charge in [0.2, 0.25) is 0 Å². The largest absolute Gasteiger partial charge is 0.399 e. The lowest BCUT2D eigenvalue weighted by Crippen LogP contribution is -2.01. The predicted octanol–water partition coefficient (Wildman–Crippen LogP) is 2.35. The van der Waals surface area contributed by atoms with Crippen LogP contribution in [0.1, 0.15) is 6.92 Å². The van der Waals surface area contributed by atoms with Gasteiger partial charge in [0.05, 0.1) is 16.3 Å². The summed E-state index contributed by atoms with van der Waals surface area (Å²) in [5.74, 6) is 0.676. The van der Waals surface area contributed by atoms with Gasteiger partial charge in [0.1, 0.15) is 0 Å². The van der Waals surface area contributed by atoms with Crippen molar-refractivity contribution in [2.45, 2.75) is 17.4 Å². The van der Waals surface area contributed by atoms with Crippen LogP contribution < -0.4 is 5.73 Å². The number of rotatable bonds is 3. The van der Waals surface area contributed by atoms with Crippen LogP contribution in [-0.4, -0.2) is 21.9 Å². The third kappa shape index (κ3) is 2.62. The van der Waals surface area contributed by atoms with Crippen molar-refractivity contribution in [2.24, 2.45) is 0 Å². The zero-order valence-electron chi connectivity index (χ0n) is 8.30. The van der Waals surface area contributed by atoms with E-state index in [1.165, 1.54) is 0 Å². The Bertz CT molecular complexity index is 467. The summed E-state index contributed by atoms with van der Waals surface area (Å²) in [6.07, 6.45) is -0.299. The maximum absolute atomic E-state index is 9.17. The first kappa shape index (κ1) is 10.7. The number of aliphatic hydroxyl groups excluding tert-OH is 1. The molecule has 0 aliphatic carbocycles. The van der Waals surface area contributed by atoms with Crippen molar-refractivity contribution in [3.8, 4) is 0 Å². The fourth-order valence-electron chi connectivity index (χ4n) is 1.17. The Kier molecular flexibility index (Phi) is 3.14. The SMILES string of the molecule is CC(O)CSc1nc2ccc(N)cc2s1. The monoisotopic (exact) mass is 240 g/mol. The van der Waals surface area contributed by atoms with Crippen LogP contribution in [0.25, 0.3) is 10.2 Å². The highest BCUT2D eigenvalue weighted by atomic mass is 32.2. The molecule has 1 aromatic carbocycles. The fraction of sp³-hybridized carbons (Fsp3) is 0.300. The number of aromatic nitrogens is 1. The first-order chi connectivity index (χ1) is 7.15. The second-order valence-corrected chi connectivity index (χ2v) is 5.66. The zero-order valence-corrected chi connectivity index (χ0v) is 9.94. The molecular formula is C10H12N2OS2. The van der Waals surface area contributed by atoms with Crippen LogP contribution in [-0.2, 0) is 0 Å². The molecule has 5 heteroatoms. The normalized spacial score (nSPS) is 13.2. The quantitative estimate of drug-likeness (QED) is 0.638. The standard InChI is InChI=1S/C10H12N2OS2/c1-6(13)5-14-10-12-8-3-2-7(11)4-9(8)15-10/h2-4,6,13H,5,11H2,1H3. The average Bonchev–Trinajstić information content (AvgIpc) is 2.56. The van der Waals surface area contributed by atoms with Crippen molar-refractivity contribution in [3.63, 3.8) is 0 Å². The summed E-state index contributed by atoms with van der Waals surface area (Å²) < 4.78 is 2.08. The molecule has 0 amide bonds. The molecule has 0 bridgehead atoms. The highest BCUT2D eigenvalue weighted by Crippen LogP contribution is 2.30. The molecule has 0 aliphatic heterocycles. The summed E-state index contributed by atoms with van der Waals surface area (Å²) in [4.78, 5) is 4.44. The van der Waals surface area contributed by atoms with E-state index < -0.39 is 0 Å². The van der Waals surface area contributed by atoms with E-state index >= 15 is 0 Å². The molecule has 80 valence electrons. The summed E-state index contributed by atoms with van der Waals surface area (Å²) in [6, 6.07) is 5.71. The molecule has 3 N–H and O–H groups in total. The average molecular weight is 240 g/mol. The molecule has 2 aromatic rings. The van der Waals surface area contributed by atoms with Crippen LogP contribution in [0.3, 0.4) is 0 Å². The van der Waals surface area contributed by atoms with Crippen molar-refractivity contribution in [1.29, 1.82) is 0 Å². The van der Waals surface area contributed by atoms with Crippen molar-refractivity contribution >= 4 is 39.0 Å². The highest BCUT2D eigenvalue weighted by molar-refractivity contribution is 8.01. The van der Waals surface area contributed by atoms with E-state index in [2.05, 4.69) is 4.98 Å². The molecule has 1 aromatic heterocycles. The number of thioether (sulfide) groups is 1. The smallest absolute Gasteiger partial charge is 0.151 e. The maximum Gasteiger partial charge on any atom is 0.151 e. The Morgan fingerprint density at radius 3 is 3.13 bits per heavy atom. The number of hydrogen-bond donors (Lipinski definition) is 2. The van der Waals surface area contributed by atoms with Gasteiger partial charge in [-0.2, -0.15) is 0 Å². The molecule has 0 saturated heterocycles. The van der Waals surface area contributed by atoms with Gasteiger partial charge in [-0.3, -0.25) is 0 Å². The van der Waals surface area contributed by atoms with Gasteiger partial charge < -0.3 is 10.8 Å². The van der Waals surface area contributed by atoms with Crippen molar-refractivity contribution in [2.75, 3.05) is 11.5 Å². The van der Waals surface area contributed by atoms with E-state index in [0.717, 1.165) is 20.2 Å². The van der Waals surface area contributed by atoms with Gasteiger partial charge in [-0.05, 0) is 25.1 Å². The predicted molar refractivity (Wildman–Crippen MR) is 66.4 cm³/mol. The third-order valence-corrected chi connectivity index (χ3v) is 4.24. The summed E-state index contributed by atoms with van der Waals surface area (Å²) in [5, 5.41) is 9.17. The summed E-state index contributed by atoms with van der Waals surface area (Å²) in [5.41, 5.74) is 7.42. The number of anilines is 1. The molecule has 1 heterocycles. The molecule has 0 spiro atoms. The number of nitrogens with two attached hydrogens (primary N) is 1. The lowest BCUT2D eigenvalue weighted by molar-refractivity contribution is 0.220. The third-order valence-electron chi connectivity index (χ3n) is 1.84. The summed E-state index contributed by atoms with van der Waals surface area (Å²) in [6.45, 7) is 1.78. The van der Waals surface area contributed by atoms with E-state index in [9.17, 15) is 0 Å². The van der Waals surface area contributed by atoms with Crippen molar-refractivity contribution in [1.82, 2.24) is 4.98 Å². The Balaban J connectivity index is 2.23. The van der Waals surface area contributed by atoms with Gasteiger partial charge in [-0.25, -0.2) is 4.98 Å². The zero-order chi connectivity index (χ0) is 10.8. The molecule has 2 rings (SSSR count). The van der Waals surface area contributed by atoms with Crippen LogP contribution in [0.15, 0.2) is 22.5 Å². The molecule has 3 nitrogen and oxygen atoms in total. The Hall–Kier alpha value is -0.780. The number of benzene rings is 1. The minimum absolute atomic E-state index is 0.299. The topological polar surface area (TPSA) is 59.1 Å². The summed E-state index contributed by atoms with van der Waals surface area (Å²) >= 11 is 3.19. The van der Waals surface area contributed by atoms with E-state index in [1.54, 1.807) is 30.0 Å². The highest BCUT2D eigenvalue weighted by Gasteiger charge is 2.05. The number of hydrogen-bond acceptors (Lipinski definition) is 5. The second-order valence-electron chi connectivity index (χ2n) is 3.37. The minimum Gasteiger partial charge on any atom is -0.399 e. The van der Waals surface area contributed by atoms with Crippen molar-refractivity contribution in [3.05, 3.63) is 18.2 Å². The Morgan fingerprint density at radius 2 is 2.40 bits per heavy atom. The fourth-order valence-corrected chi connectivity index (χ4v) is 3.17. The minimum atomic E-state index is -0.299. The molecule has 15 heavy (non-hydrogen) atoms. The molecule has 0 saturated carbocycles. The number of nitrogens with zero attached hydrogens (tertiary/aromatic N) is 1. The molecule has 1 unspecified atom stereocenters. The van der Waals surface area contributed by atoms with Crippen LogP contribution in [0.5, 0.6) is 0 Å². The van der Waals surface area contributed by atoms with Gasteiger partial charge >= 0.3 is 0 Å². The number of fused-ring (bicyclic) bond motifs is 1. The van der Waals surface area contributed by atoms with Crippen LogP contribution in [0.4, 0.5) is 5.69 Å². The van der Waals surface area contributed by atoms with Gasteiger partial charge in [0.15, 0.2) is 4.34 Å². The number of nitrogen functional groups attached to an aromatic ring is 1. The Labute approximate surface area is 96.3 Å². The lowest BCUT2D eigenvalue weighted by Gasteiger charge is -1.98. The van der Waals surface area contributed by atoms with E-state index in [1.807, 2.05) is 18.2 Å². The summed E-state index contributed by atoms with van der Waals surface area (Å²) in [7, 11) is 0. The molecule has 1 atom stereocenters. The van der Waals surface area contributed by atoms with E-state index in [-0.39, 0.29) is 6.10 Å². The van der Waals surface area contributed by atoms with E-state index in [0.29, 0.717) is 5.75 Å². The maximum atomic E-state index is 9.17. The molecule has 0 fully saturated rings. The first-order valence-electron chi connectivity index (χ1n) is 4.62. The van der Waals surface area contributed by atoms with Crippen LogP contribution in [0, 0.1) is 0 Å². The van der Waals surface area contributed by atoms with Crippen molar-refractivity contribution < 1.29 is 5.11 Å². The van der Waals surface area contributed by atoms with Gasteiger partial charge in [-0.1, -0.05) is 11.8 Å². The van der Waals surface area contributed by atoms with Gasteiger partial charge in [0.25, 0.3) is 0 Å². The Morgan fingerprint density at radius 1 is 1.60 bits per heavy atom. The molecule has 0 aliphatic rings. The number of thiazole rings is 1. The lowest BCUT2D eigenvalue weighted by atomic mass is 10.3. The van der Waals surface area contributed by atoms with Crippen LogP contribution >= 0.6 is 23.1 Å².